The molecule has 0 saturated heterocycles. The number of carbonyl (C=O) groups excluding carboxylic acids is 1. The molecule has 1 aliphatic rings. The Morgan fingerprint density at radius 2 is 1.97 bits per heavy atom. The molecule has 1 aromatic carbocycles. The molecular formula is C25H37NO4. The second kappa shape index (κ2) is 13.4. The topological polar surface area (TPSA) is 89.8 Å². The molecule has 1 amide bonds. The number of nitrogens with one attached hydrogen (secondary N) is 1. The standard InChI is InChI=1S/C25H37NO4/c1-2-26-25(30)13-9-4-3-8-12-21-22(24(29)18-23(21)28)17-16-20(27)15-14-19-10-6-5-7-11-19/h3,5-8,10-11,16-17,20-24,27-29H,2,4,9,12-15,18H2,1H3,(H,26,30)/t20-,21+,22+,23+,24+/m0/s1. The van der Waals surface area contributed by atoms with Crippen molar-refractivity contribution in [2.75, 3.05) is 6.54 Å². The first-order valence-corrected chi connectivity index (χ1v) is 11.2. The maximum atomic E-state index is 11.4. The predicted molar refractivity (Wildman–Crippen MR) is 120 cm³/mol. The highest BCUT2D eigenvalue weighted by atomic mass is 16.3. The van der Waals surface area contributed by atoms with Crippen molar-refractivity contribution in [3.63, 3.8) is 0 Å². The zero-order valence-corrected chi connectivity index (χ0v) is 18.0. The number of carbonyl (C=O) groups is 1. The zero-order chi connectivity index (χ0) is 21.8. The smallest absolute Gasteiger partial charge is 0.219 e. The lowest BCUT2D eigenvalue weighted by Gasteiger charge is -2.19. The highest BCUT2D eigenvalue weighted by Gasteiger charge is 2.39. The Labute approximate surface area is 180 Å². The van der Waals surface area contributed by atoms with E-state index >= 15 is 0 Å². The van der Waals surface area contributed by atoms with Gasteiger partial charge in [0.25, 0.3) is 0 Å². The molecule has 1 fully saturated rings. The van der Waals surface area contributed by atoms with Gasteiger partial charge in [-0.2, -0.15) is 0 Å². The van der Waals surface area contributed by atoms with Gasteiger partial charge in [0.15, 0.2) is 0 Å². The molecule has 0 bridgehead atoms. The fourth-order valence-electron chi connectivity index (χ4n) is 4.06. The number of aliphatic hydroxyl groups is 3. The van der Waals surface area contributed by atoms with E-state index in [1.807, 2.05) is 55.5 Å². The van der Waals surface area contributed by atoms with E-state index in [4.69, 9.17) is 0 Å². The third-order valence-corrected chi connectivity index (χ3v) is 5.77. The van der Waals surface area contributed by atoms with Gasteiger partial charge in [-0.3, -0.25) is 4.79 Å². The molecule has 0 radical (unpaired) electrons. The molecule has 5 heteroatoms. The molecule has 0 aliphatic heterocycles. The number of allylic oxidation sites excluding steroid dienone is 2. The van der Waals surface area contributed by atoms with Crippen molar-refractivity contribution in [3.8, 4) is 0 Å². The van der Waals surface area contributed by atoms with Crippen LogP contribution >= 0.6 is 0 Å². The van der Waals surface area contributed by atoms with E-state index in [0.717, 1.165) is 19.3 Å². The van der Waals surface area contributed by atoms with Gasteiger partial charge < -0.3 is 20.6 Å². The van der Waals surface area contributed by atoms with Gasteiger partial charge in [0.1, 0.15) is 0 Å². The quantitative estimate of drug-likeness (QED) is 0.312. The first-order chi connectivity index (χ1) is 14.5. The van der Waals surface area contributed by atoms with Crippen LogP contribution in [0, 0.1) is 11.8 Å². The number of unbranched alkanes of at least 4 members (excludes halogenated alkanes) is 1. The highest BCUT2D eigenvalue weighted by molar-refractivity contribution is 5.75. The third-order valence-electron chi connectivity index (χ3n) is 5.77. The summed E-state index contributed by atoms with van der Waals surface area (Å²) in [4.78, 5) is 11.4. The minimum absolute atomic E-state index is 0.0581. The van der Waals surface area contributed by atoms with Crippen molar-refractivity contribution in [2.45, 2.75) is 70.2 Å². The minimum Gasteiger partial charge on any atom is -0.393 e. The number of aryl methyl sites for hydroxylation is 1. The lowest BCUT2D eigenvalue weighted by Crippen LogP contribution is -2.21. The van der Waals surface area contributed by atoms with Gasteiger partial charge in [-0.15, -0.1) is 0 Å². The molecule has 1 saturated carbocycles. The SMILES string of the molecule is CCNC(=O)CCCC=CC[C@@H]1[C@@H](C=C[C@@H](O)CCc2ccccc2)[C@H](O)C[C@H]1O. The van der Waals surface area contributed by atoms with Crippen molar-refractivity contribution < 1.29 is 20.1 Å². The summed E-state index contributed by atoms with van der Waals surface area (Å²) in [6.45, 7) is 2.57. The molecule has 0 heterocycles. The Kier molecular flexibility index (Phi) is 10.8. The molecule has 166 valence electrons. The normalized spacial score (nSPS) is 25.2. The van der Waals surface area contributed by atoms with Gasteiger partial charge in [0.05, 0.1) is 18.3 Å². The van der Waals surface area contributed by atoms with E-state index < -0.39 is 18.3 Å². The lowest BCUT2D eigenvalue weighted by molar-refractivity contribution is -0.121. The van der Waals surface area contributed by atoms with Gasteiger partial charge in [-0.05, 0) is 50.5 Å². The average Bonchev–Trinajstić information content (AvgIpc) is 3.00. The van der Waals surface area contributed by atoms with E-state index in [-0.39, 0.29) is 17.7 Å². The van der Waals surface area contributed by atoms with Crippen LogP contribution in [0.5, 0.6) is 0 Å². The largest absolute Gasteiger partial charge is 0.393 e. The van der Waals surface area contributed by atoms with E-state index in [2.05, 4.69) is 5.32 Å². The summed E-state index contributed by atoms with van der Waals surface area (Å²) in [7, 11) is 0. The number of aliphatic hydroxyl groups excluding tert-OH is 3. The summed E-state index contributed by atoms with van der Waals surface area (Å²) in [5.41, 5.74) is 1.19. The Balaban J connectivity index is 1.78. The molecule has 5 atom stereocenters. The Hall–Kier alpha value is -1.95. The van der Waals surface area contributed by atoms with Crippen LogP contribution in [0.3, 0.4) is 0 Å². The molecular weight excluding hydrogens is 378 g/mol. The van der Waals surface area contributed by atoms with Crippen molar-refractivity contribution >= 4 is 5.91 Å². The van der Waals surface area contributed by atoms with Crippen molar-refractivity contribution in [1.82, 2.24) is 5.32 Å². The molecule has 30 heavy (non-hydrogen) atoms. The van der Waals surface area contributed by atoms with Crippen LogP contribution in [0.25, 0.3) is 0 Å². The second-order valence-electron chi connectivity index (χ2n) is 8.14. The summed E-state index contributed by atoms with van der Waals surface area (Å²) in [5.74, 6) is -0.139. The summed E-state index contributed by atoms with van der Waals surface area (Å²) in [6.07, 6.45) is 10.6. The van der Waals surface area contributed by atoms with Crippen LogP contribution in [0.15, 0.2) is 54.6 Å². The number of rotatable bonds is 12. The third kappa shape index (κ3) is 8.42. The van der Waals surface area contributed by atoms with Crippen molar-refractivity contribution in [3.05, 3.63) is 60.2 Å². The van der Waals surface area contributed by atoms with Crippen LogP contribution in [0.2, 0.25) is 0 Å². The molecule has 1 aromatic rings. The number of amides is 1. The van der Waals surface area contributed by atoms with Gasteiger partial charge in [0, 0.05) is 25.3 Å². The van der Waals surface area contributed by atoms with Crippen LogP contribution in [-0.2, 0) is 11.2 Å². The van der Waals surface area contributed by atoms with Crippen LogP contribution in [0.1, 0.15) is 51.0 Å². The average molecular weight is 416 g/mol. The highest BCUT2D eigenvalue weighted by Crippen LogP contribution is 2.36. The second-order valence-corrected chi connectivity index (χ2v) is 8.14. The molecule has 4 N–H and O–H groups in total. The van der Waals surface area contributed by atoms with Crippen LogP contribution < -0.4 is 5.32 Å². The van der Waals surface area contributed by atoms with Crippen molar-refractivity contribution in [2.24, 2.45) is 11.8 Å². The lowest BCUT2D eigenvalue weighted by atomic mass is 9.89. The van der Waals surface area contributed by atoms with Crippen LogP contribution in [-0.4, -0.2) is 46.1 Å². The van der Waals surface area contributed by atoms with E-state index in [9.17, 15) is 20.1 Å². The minimum atomic E-state index is -0.589. The first kappa shape index (κ1) is 24.3. The Morgan fingerprint density at radius 3 is 2.70 bits per heavy atom. The summed E-state index contributed by atoms with van der Waals surface area (Å²) in [5, 5.41) is 33.8. The predicted octanol–water partition coefficient (Wildman–Crippen LogP) is 3.15. The van der Waals surface area contributed by atoms with Gasteiger partial charge >= 0.3 is 0 Å². The molecule has 1 aliphatic carbocycles. The Morgan fingerprint density at radius 1 is 1.20 bits per heavy atom. The van der Waals surface area contributed by atoms with Gasteiger partial charge in [0.2, 0.25) is 5.91 Å². The summed E-state index contributed by atoms with van der Waals surface area (Å²) < 4.78 is 0. The maximum Gasteiger partial charge on any atom is 0.219 e. The summed E-state index contributed by atoms with van der Waals surface area (Å²) >= 11 is 0. The molecule has 5 nitrogen and oxygen atoms in total. The number of benzene rings is 1. The molecule has 2 rings (SSSR count). The molecule has 0 aromatic heterocycles. The molecule has 0 unspecified atom stereocenters. The zero-order valence-electron chi connectivity index (χ0n) is 18.0. The van der Waals surface area contributed by atoms with E-state index in [1.54, 1.807) is 6.08 Å². The van der Waals surface area contributed by atoms with Gasteiger partial charge in [-0.1, -0.05) is 54.6 Å². The van der Waals surface area contributed by atoms with Crippen LogP contribution in [0.4, 0.5) is 0 Å². The fraction of sp³-hybridized carbons (Fsp3) is 0.560. The van der Waals surface area contributed by atoms with Crippen molar-refractivity contribution in [1.29, 1.82) is 0 Å². The summed E-state index contributed by atoms with van der Waals surface area (Å²) in [6, 6.07) is 10.1. The van der Waals surface area contributed by atoms with E-state index in [0.29, 0.717) is 32.2 Å². The maximum absolute atomic E-state index is 11.4. The molecule has 0 spiro atoms. The number of hydrogen-bond donors (Lipinski definition) is 4. The first-order valence-electron chi connectivity index (χ1n) is 11.2. The van der Waals surface area contributed by atoms with E-state index in [1.165, 1.54) is 5.56 Å². The fourth-order valence-corrected chi connectivity index (χ4v) is 4.06. The Bertz CT molecular complexity index is 673. The number of hydrogen-bond acceptors (Lipinski definition) is 4. The van der Waals surface area contributed by atoms with Gasteiger partial charge in [-0.25, -0.2) is 0 Å². The monoisotopic (exact) mass is 415 g/mol.